The van der Waals surface area contributed by atoms with E-state index in [1.54, 1.807) is 18.2 Å². The van der Waals surface area contributed by atoms with Crippen LogP contribution in [0, 0.1) is 13.8 Å². The lowest BCUT2D eigenvalue weighted by atomic mass is 10.0. The Kier molecular flexibility index (Phi) is 10.0. The summed E-state index contributed by atoms with van der Waals surface area (Å²) >= 11 is 6.26. The summed E-state index contributed by atoms with van der Waals surface area (Å²) in [7, 11) is -3.84. The molecule has 9 heteroatoms. The maximum atomic E-state index is 14.2. The third-order valence-electron chi connectivity index (χ3n) is 6.38. The Morgan fingerprint density at radius 2 is 1.48 bits per heavy atom. The molecule has 0 saturated heterocycles. The summed E-state index contributed by atoms with van der Waals surface area (Å²) in [4.78, 5) is 29.4. The molecule has 0 aliphatic carbocycles. The highest BCUT2D eigenvalue weighted by Crippen LogP contribution is 2.27. The van der Waals surface area contributed by atoms with Crippen molar-refractivity contribution in [2.24, 2.45) is 0 Å². The number of hydrogen-bond donors (Lipinski definition) is 1. The van der Waals surface area contributed by atoms with E-state index in [0.29, 0.717) is 10.7 Å². The van der Waals surface area contributed by atoms with Gasteiger partial charge in [0, 0.05) is 23.5 Å². The molecule has 0 aliphatic heterocycles. The van der Waals surface area contributed by atoms with Gasteiger partial charge < -0.3 is 10.2 Å². The van der Waals surface area contributed by atoms with Gasteiger partial charge in [0.2, 0.25) is 21.8 Å². The Morgan fingerprint density at radius 1 is 0.900 bits per heavy atom. The number of anilines is 1. The van der Waals surface area contributed by atoms with E-state index in [1.807, 2.05) is 89.2 Å². The van der Waals surface area contributed by atoms with Gasteiger partial charge in [0.15, 0.2) is 0 Å². The third-order valence-corrected chi connectivity index (χ3v) is 7.73. The van der Waals surface area contributed by atoms with E-state index in [1.165, 1.54) is 4.90 Å². The van der Waals surface area contributed by atoms with Gasteiger partial charge >= 0.3 is 0 Å². The average molecular weight is 584 g/mol. The highest BCUT2D eigenvalue weighted by Gasteiger charge is 2.34. The number of carbonyl (C=O) groups is 2. The lowest BCUT2D eigenvalue weighted by Gasteiger charge is -2.35. The van der Waals surface area contributed by atoms with Crippen molar-refractivity contribution in [3.63, 3.8) is 0 Å². The molecule has 0 fully saturated rings. The second-order valence-electron chi connectivity index (χ2n) is 11.1. The Bertz CT molecular complexity index is 1430. The SMILES string of the molecule is Cc1cccc(C)c1N(CC(=O)N(Cc1cccc(Cl)c1)C(Cc1ccccc1)C(=O)NC(C)(C)C)S(C)(=O)=O. The molecule has 0 spiro atoms. The van der Waals surface area contributed by atoms with Gasteiger partial charge in [0.25, 0.3) is 0 Å². The number of para-hydroxylation sites is 1. The van der Waals surface area contributed by atoms with Crippen LogP contribution in [-0.4, -0.2) is 49.5 Å². The number of nitrogens with one attached hydrogen (secondary N) is 1. The molecule has 40 heavy (non-hydrogen) atoms. The van der Waals surface area contributed by atoms with Crippen LogP contribution in [0.3, 0.4) is 0 Å². The minimum Gasteiger partial charge on any atom is -0.350 e. The minimum absolute atomic E-state index is 0.0683. The fourth-order valence-corrected chi connectivity index (χ4v) is 5.79. The molecule has 1 unspecified atom stereocenters. The van der Waals surface area contributed by atoms with Crippen LogP contribution in [0.4, 0.5) is 5.69 Å². The molecule has 7 nitrogen and oxygen atoms in total. The smallest absolute Gasteiger partial charge is 0.244 e. The molecular weight excluding hydrogens is 546 g/mol. The van der Waals surface area contributed by atoms with Crippen LogP contribution in [0.5, 0.6) is 0 Å². The third kappa shape index (κ3) is 8.57. The Labute approximate surface area is 243 Å². The molecule has 0 saturated carbocycles. The lowest BCUT2D eigenvalue weighted by molar-refractivity contribution is -0.140. The van der Waals surface area contributed by atoms with E-state index in [9.17, 15) is 18.0 Å². The van der Waals surface area contributed by atoms with Crippen LogP contribution >= 0.6 is 11.6 Å². The van der Waals surface area contributed by atoms with Crippen molar-refractivity contribution in [3.05, 3.63) is 100 Å². The van der Waals surface area contributed by atoms with Crippen LogP contribution in [-0.2, 0) is 32.6 Å². The van der Waals surface area contributed by atoms with Gasteiger partial charge in [-0.25, -0.2) is 8.42 Å². The van der Waals surface area contributed by atoms with Gasteiger partial charge in [-0.05, 0) is 69.0 Å². The zero-order valence-electron chi connectivity index (χ0n) is 23.9. The van der Waals surface area contributed by atoms with Gasteiger partial charge in [-0.2, -0.15) is 0 Å². The monoisotopic (exact) mass is 583 g/mol. The fourth-order valence-electron chi connectivity index (χ4n) is 4.61. The first-order chi connectivity index (χ1) is 18.7. The predicted octanol–water partition coefficient (Wildman–Crippen LogP) is 5.28. The largest absolute Gasteiger partial charge is 0.350 e. The minimum atomic E-state index is -3.84. The Morgan fingerprint density at radius 3 is 2.02 bits per heavy atom. The predicted molar refractivity (Wildman–Crippen MR) is 162 cm³/mol. The van der Waals surface area contributed by atoms with Crippen molar-refractivity contribution in [2.45, 2.75) is 59.2 Å². The molecule has 3 aromatic carbocycles. The molecule has 3 rings (SSSR count). The highest BCUT2D eigenvalue weighted by atomic mass is 35.5. The number of halogens is 1. The Balaban J connectivity index is 2.11. The zero-order valence-corrected chi connectivity index (χ0v) is 25.5. The molecule has 0 aromatic heterocycles. The molecule has 0 heterocycles. The van der Waals surface area contributed by atoms with E-state index in [2.05, 4.69) is 5.32 Å². The summed E-state index contributed by atoms with van der Waals surface area (Å²) in [5.41, 5.74) is 2.96. The summed E-state index contributed by atoms with van der Waals surface area (Å²) < 4.78 is 27.2. The number of sulfonamides is 1. The molecular formula is C31H38ClN3O4S. The standard InChI is InChI=1S/C31H38ClN3O4S/c1-22-12-10-13-23(2)29(22)35(40(6,38)39)21-28(36)34(20-25-16-11-17-26(32)18-25)27(30(37)33-31(3,4)5)19-24-14-8-7-9-15-24/h7-18,27H,19-21H2,1-6H3,(H,33,37). The van der Waals surface area contributed by atoms with E-state index in [-0.39, 0.29) is 18.9 Å². The van der Waals surface area contributed by atoms with Gasteiger partial charge in [-0.1, -0.05) is 72.3 Å². The quantitative estimate of drug-likeness (QED) is 0.352. The fraction of sp³-hybridized carbons (Fsp3) is 0.355. The first-order valence-electron chi connectivity index (χ1n) is 13.1. The summed E-state index contributed by atoms with van der Waals surface area (Å²) in [6.07, 6.45) is 1.33. The van der Waals surface area contributed by atoms with Gasteiger partial charge in [0.1, 0.15) is 12.6 Å². The highest BCUT2D eigenvalue weighted by molar-refractivity contribution is 7.92. The topological polar surface area (TPSA) is 86.8 Å². The van der Waals surface area contributed by atoms with Crippen LogP contribution < -0.4 is 9.62 Å². The van der Waals surface area contributed by atoms with Gasteiger partial charge in [0.05, 0.1) is 11.9 Å². The number of carbonyl (C=O) groups excluding carboxylic acids is 2. The van der Waals surface area contributed by atoms with Gasteiger partial charge in [-0.3, -0.25) is 13.9 Å². The lowest BCUT2D eigenvalue weighted by Crippen LogP contribution is -2.56. The van der Waals surface area contributed by atoms with Crippen molar-refractivity contribution < 1.29 is 18.0 Å². The van der Waals surface area contributed by atoms with Crippen molar-refractivity contribution in [1.82, 2.24) is 10.2 Å². The van der Waals surface area contributed by atoms with Crippen LogP contribution in [0.2, 0.25) is 5.02 Å². The molecule has 2 amide bonds. The molecule has 1 N–H and O–H groups in total. The second-order valence-corrected chi connectivity index (χ2v) is 13.4. The van der Waals surface area contributed by atoms with E-state index >= 15 is 0 Å². The van der Waals surface area contributed by atoms with Crippen molar-refractivity contribution in [1.29, 1.82) is 0 Å². The summed E-state index contributed by atoms with van der Waals surface area (Å²) in [6, 6.07) is 21.1. The summed E-state index contributed by atoms with van der Waals surface area (Å²) in [5, 5.41) is 3.51. The first kappa shape index (κ1) is 31.2. The maximum Gasteiger partial charge on any atom is 0.244 e. The molecule has 0 aliphatic rings. The van der Waals surface area contributed by atoms with E-state index in [4.69, 9.17) is 11.6 Å². The average Bonchev–Trinajstić information content (AvgIpc) is 2.84. The number of benzene rings is 3. The van der Waals surface area contributed by atoms with Crippen LogP contribution in [0.1, 0.15) is 43.0 Å². The van der Waals surface area contributed by atoms with Crippen LogP contribution in [0.15, 0.2) is 72.8 Å². The van der Waals surface area contributed by atoms with Crippen molar-refractivity contribution >= 4 is 39.1 Å². The number of amides is 2. The second kappa shape index (κ2) is 12.9. The van der Waals surface area contributed by atoms with Crippen molar-refractivity contribution in [3.8, 4) is 0 Å². The number of rotatable bonds is 10. The van der Waals surface area contributed by atoms with Gasteiger partial charge in [-0.15, -0.1) is 0 Å². The maximum absolute atomic E-state index is 14.2. The first-order valence-corrected chi connectivity index (χ1v) is 15.3. The zero-order chi connectivity index (χ0) is 29.7. The molecule has 0 radical (unpaired) electrons. The summed E-state index contributed by atoms with van der Waals surface area (Å²) in [6.45, 7) is 8.85. The number of aryl methyl sites for hydroxylation is 2. The molecule has 3 aromatic rings. The molecule has 1 atom stereocenters. The van der Waals surface area contributed by atoms with E-state index in [0.717, 1.165) is 32.8 Å². The summed E-state index contributed by atoms with van der Waals surface area (Å²) in [5.74, 6) is -0.831. The normalized spacial score (nSPS) is 12.5. The van der Waals surface area contributed by atoms with E-state index < -0.39 is 34.1 Å². The van der Waals surface area contributed by atoms with Crippen molar-refractivity contribution in [2.75, 3.05) is 17.1 Å². The molecule has 214 valence electrons. The number of hydrogen-bond acceptors (Lipinski definition) is 4. The van der Waals surface area contributed by atoms with Crippen LogP contribution in [0.25, 0.3) is 0 Å². The molecule has 0 bridgehead atoms. The Hall–Kier alpha value is -3.36. The number of nitrogens with zero attached hydrogens (tertiary/aromatic N) is 2.